The number of carbonyl (C=O) groups is 1. The summed E-state index contributed by atoms with van der Waals surface area (Å²) in [5.74, 6) is 0.155. The van der Waals surface area contributed by atoms with E-state index in [1.54, 1.807) is 11.3 Å². The minimum Gasteiger partial charge on any atom is -0.350 e. The zero-order valence-electron chi connectivity index (χ0n) is 13.5. The van der Waals surface area contributed by atoms with E-state index in [1.807, 2.05) is 18.4 Å². The Morgan fingerprint density at radius 3 is 2.68 bits per heavy atom. The van der Waals surface area contributed by atoms with Crippen molar-refractivity contribution in [3.63, 3.8) is 0 Å². The summed E-state index contributed by atoms with van der Waals surface area (Å²) in [6, 6.07) is 4.88. The highest BCUT2D eigenvalue weighted by Gasteiger charge is 2.29. The predicted octanol–water partition coefficient (Wildman–Crippen LogP) is 2.31. The lowest BCUT2D eigenvalue weighted by molar-refractivity contribution is -0.126. The van der Waals surface area contributed by atoms with Crippen LogP contribution in [0.5, 0.6) is 0 Å². The van der Waals surface area contributed by atoms with Crippen molar-refractivity contribution >= 4 is 17.2 Å². The first-order chi connectivity index (χ1) is 10.7. The Kier molecular flexibility index (Phi) is 5.50. The van der Waals surface area contributed by atoms with Crippen molar-refractivity contribution in [3.8, 4) is 0 Å². The molecule has 1 atom stereocenters. The smallest absolute Gasteiger partial charge is 0.237 e. The third-order valence-electron chi connectivity index (χ3n) is 5.13. The SMILES string of the molecule is CC(C(=O)NCc1cccs1)N1CCN(C2CCCC2)CC1. The maximum atomic E-state index is 12.3. The van der Waals surface area contributed by atoms with Crippen LogP contribution in [-0.4, -0.2) is 54.0 Å². The third-order valence-corrected chi connectivity index (χ3v) is 6.01. The van der Waals surface area contributed by atoms with Crippen LogP contribution in [0.4, 0.5) is 0 Å². The second kappa shape index (κ2) is 7.57. The highest BCUT2D eigenvalue weighted by atomic mass is 32.1. The Balaban J connectivity index is 1.42. The maximum Gasteiger partial charge on any atom is 0.237 e. The highest BCUT2D eigenvalue weighted by Crippen LogP contribution is 2.24. The summed E-state index contributed by atoms with van der Waals surface area (Å²) in [6.45, 7) is 6.96. The summed E-state index contributed by atoms with van der Waals surface area (Å²) in [5, 5.41) is 5.11. The van der Waals surface area contributed by atoms with E-state index in [0.717, 1.165) is 32.2 Å². The van der Waals surface area contributed by atoms with Crippen LogP contribution in [0.1, 0.15) is 37.5 Å². The van der Waals surface area contributed by atoms with Crippen LogP contribution in [0.15, 0.2) is 17.5 Å². The average Bonchev–Trinajstić information content (AvgIpc) is 3.25. The lowest BCUT2D eigenvalue weighted by atomic mass is 10.1. The number of piperazine rings is 1. The molecular formula is C17H27N3OS. The molecule has 2 heterocycles. The van der Waals surface area contributed by atoms with Gasteiger partial charge in [-0.2, -0.15) is 0 Å². The van der Waals surface area contributed by atoms with Gasteiger partial charge in [-0.15, -0.1) is 11.3 Å². The van der Waals surface area contributed by atoms with Gasteiger partial charge >= 0.3 is 0 Å². The third kappa shape index (κ3) is 3.89. The summed E-state index contributed by atoms with van der Waals surface area (Å²) in [6.07, 6.45) is 5.53. The fourth-order valence-corrected chi connectivity index (χ4v) is 4.30. The Hall–Kier alpha value is -0.910. The summed E-state index contributed by atoms with van der Waals surface area (Å²) in [4.78, 5) is 18.5. The van der Waals surface area contributed by atoms with E-state index in [1.165, 1.54) is 30.6 Å². The normalized spacial score (nSPS) is 22.8. The van der Waals surface area contributed by atoms with E-state index in [9.17, 15) is 4.79 Å². The fourth-order valence-electron chi connectivity index (χ4n) is 3.66. The Morgan fingerprint density at radius 2 is 2.05 bits per heavy atom. The number of nitrogens with one attached hydrogen (secondary N) is 1. The monoisotopic (exact) mass is 321 g/mol. The van der Waals surface area contributed by atoms with Crippen molar-refractivity contribution in [3.05, 3.63) is 22.4 Å². The molecule has 1 aliphatic heterocycles. The number of hydrogen-bond acceptors (Lipinski definition) is 4. The molecule has 0 bridgehead atoms. The molecule has 4 nitrogen and oxygen atoms in total. The molecule has 0 aromatic carbocycles. The van der Waals surface area contributed by atoms with E-state index in [4.69, 9.17) is 0 Å². The molecule has 1 aliphatic carbocycles. The molecule has 122 valence electrons. The molecule has 5 heteroatoms. The number of carbonyl (C=O) groups excluding carboxylic acids is 1. The molecule has 0 spiro atoms. The van der Waals surface area contributed by atoms with Crippen molar-refractivity contribution in [2.24, 2.45) is 0 Å². The minimum atomic E-state index is -0.0225. The van der Waals surface area contributed by atoms with Crippen LogP contribution < -0.4 is 5.32 Å². The van der Waals surface area contributed by atoms with E-state index in [-0.39, 0.29) is 11.9 Å². The number of nitrogens with zero attached hydrogens (tertiary/aromatic N) is 2. The van der Waals surface area contributed by atoms with Crippen molar-refractivity contribution in [2.45, 2.75) is 51.2 Å². The molecule has 0 radical (unpaired) electrons. The van der Waals surface area contributed by atoms with Crippen molar-refractivity contribution in [2.75, 3.05) is 26.2 Å². The maximum absolute atomic E-state index is 12.3. The molecule has 2 fully saturated rings. The van der Waals surface area contributed by atoms with E-state index < -0.39 is 0 Å². The summed E-state index contributed by atoms with van der Waals surface area (Å²) < 4.78 is 0. The molecule has 1 aromatic rings. The van der Waals surface area contributed by atoms with Gasteiger partial charge in [-0.3, -0.25) is 14.6 Å². The van der Waals surface area contributed by atoms with Crippen molar-refractivity contribution in [1.29, 1.82) is 0 Å². The standard InChI is InChI=1S/C17H27N3OS/c1-14(17(21)18-13-16-7-4-12-22-16)19-8-10-20(11-9-19)15-5-2-3-6-15/h4,7,12,14-15H,2-3,5-6,8-11,13H2,1H3,(H,18,21). The first kappa shape index (κ1) is 16.0. The Bertz CT molecular complexity index is 462. The number of hydrogen-bond donors (Lipinski definition) is 1. The second-order valence-corrected chi connectivity index (χ2v) is 7.52. The van der Waals surface area contributed by atoms with Gasteiger partial charge in [-0.05, 0) is 31.2 Å². The zero-order chi connectivity index (χ0) is 15.4. The topological polar surface area (TPSA) is 35.6 Å². The van der Waals surface area contributed by atoms with E-state index >= 15 is 0 Å². The summed E-state index contributed by atoms with van der Waals surface area (Å²) in [5.41, 5.74) is 0. The molecule has 1 amide bonds. The largest absolute Gasteiger partial charge is 0.350 e. The molecule has 3 rings (SSSR count). The van der Waals surface area contributed by atoms with Gasteiger partial charge in [0.2, 0.25) is 5.91 Å². The number of rotatable bonds is 5. The molecule has 1 saturated carbocycles. The predicted molar refractivity (Wildman–Crippen MR) is 91.0 cm³/mol. The quantitative estimate of drug-likeness (QED) is 0.904. The lowest BCUT2D eigenvalue weighted by Gasteiger charge is -2.40. The summed E-state index contributed by atoms with van der Waals surface area (Å²) in [7, 11) is 0. The Labute approximate surface area is 137 Å². The number of thiophene rings is 1. The van der Waals surface area contributed by atoms with Gasteiger partial charge in [0.25, 0.3) is 0 Å². The van der Waals surface area contributed by atoms with Crippen molar-refractivity contribution < 1.29 is 4.79 Å². The van der Waals surface area contributed by atoms with Crippen molar-refractivity contribution in [1.82, 2.24) is 15.1 Å². The van der Waals surface area contributed by atoms with Gasteiger partial charge in [-0.25, -0.2) is 0 Å². The van der Waals surface area contributed by atoms with Gasteiger partial charge in [0.05, 0.1) is 12.6 Å². The van der Waals surface area contributed by atoms with Crippen LogP contribution in [0.3, 0.4) is 0 Å². The van der Waals surface area contributed by atoms with E-state index in [0.29, 0.717) is 6.54 Å². The molecule has 1 aromatic heterocycles. The molecular weight excluding hydrogens is 294 g/mol. The second-order valence-electron chi connectivity index (χ2n) is 6.48. The minimum absolute atomic E-state index is 0.0225. The van der Waals surface area contributed by atoms with Crippen LogP contribution >= 0.6 is 11.3 Å². The average molecular weight is 321 g/mol. The Morgan fingerprint density at radius 1 is 1.32 bits per heavy atom. The molecule has 1 saturated heterocycles. The first-order valence-corrected chi connectivity index (χ1v) is 9.40. The first-order valence-electron chi connectivity index (χ1n) is 8.52. The van der Waals surface area contributed by atoms with Crippen LogP contribution in [0.2, 0.25) is 0 Å². The molecule has 1 N–H and O–H groups in total. The van der Waals surface area contributed by atoms with Crippen LogP contribution in [0.25, 0.3) is 0 Å². The number of amides is 1. The van der Waals surface area contributed by atoms with E-state index in [2.05, 4.69) is 21.2 Å². The highest BCUT2D eigenvalue weighted by molar-refractivity contribution is 7.09. The molecule has 1 unspecified atom stereocenters. The zero-order valence-corrected chi connectivity index (χ0v) is 14.3. The van der Waals surface area contributed by atoms with Gasteiger partial charge in [-0.1, -0.05) is 18.9 Å². The van der Waals surface area contributed by atoms with Gasteiger partial charge < -0.3 is 5.32 Å². The summed E-state index contributed by atoms with van der Waals surface area (Å²) >= 11 is 1.69. The lowest BCUT2D eigenvalue weighted by Crippen LogP contribution is -2.55. The molecule has 2 aliphatic rings. The van der Waals surface area contributed by atoms with Crippen LogP contribution in [-0.2, 0) is 11.3 Å². The van der Waals surface area contributed by atoms with Gasteiger partial charge in [0.1, 0.15) is 0 Å². The molecule has 22 heavy (non-hydrogen) atoms. The van der Waals surface area contributed by atoms with Crippen LogP contribution in [0, 0.1) is 0 Å². The van der Waals surface area contributed by atoms with Gasteiger partial charge in [0, 0.05) is 37.1 Å². The van der Waals surface area contributed by atoms with Gasteiger partial charge in [0.15, 0.2) is 0 Å². The fraction of sp³-hybridized carbons (Fsp3) is 0.706.